The first-order chi connectivity index (χ1) is 26.2. The highest BCUT2D eigenvalue weighted by molar-refractivity contribution is 6.35. The molecule has 4 aromatic rings. The van der Waals surface area contributed by atoms with Crippen LogP contribution < -0.4 is 19.5 Å². The second-order valence-electron chi connectivity index (χ2n) is 12.8. The minimum Gasteiger partial charge on any atom is -0.496 e. The van der Waals surface area contributed by atoms with Crippen molar-refractivity contribution in [2.24, 2.45) is 5.92 Å². The number of piperidine rings is 3. The fraction of sp³-hybridized carbons (Fsp3) is 0.350. The van der Waals surface area contributed by atoms with Gasteiger partial charge in [0.1, 0.15) is 24.0 Å². The van der Waals surface area contributed by atoms with Crippen LogP contribution in [0.15, 0.2) is 79.1 Å². The van der Waals surface area contributed by atoms with Crippen LogP contribution in [0.1, 0.15) is 57.6 Å². The molecule has 1 aromatic heterocycles. The average molecular weight is 781 g/mol. The van der Waals surface area contributed by atoms with Crippen molar-refractivity contribution in [3.63, 3.8) is 0 Å². The van der Waals surface area contributed by atoms with Gasteiger partial charge < -0.3 is 28.8 Å². The van der Waals surface area contributed by atoms with Gasteiger partial charge in [0.05, 0.1) is 36.9 Å². The number of carbonyl (C=O) groups excluding carboxylic acids is 2. The summed E-state index contributed by atoms with van der Waals surface area (Å²) < 4.78 is 28.7. The molecule has 3 aromatic carbocycles. The lowest BCUT2D eigenvalue weighted by Crippen LogP contribution is -2.52. The Morgan fingerprint density at radius 1 is 0.926 bits per heavy atom. The minimum absolute atomic E-state index is 0.127. The summed E-state index contributed by atoms with van der Waals surface area (Å²) in [4.78, 5) is 42.1. The molecule has 0 saturated carbocycles. The Balaban J connectivity index is 0.00000181. The van der Waals surface area contributed by atoms with Gasteiger partial charge in [-0.2, -0.15) is 0 Å². The van der Waals surface area contributed by atoms with Gasteiger partial charge in [-0.1, -0.05) is 59.6 Å². The minimum atomic E-state index is -0.764. The van der Waals surface area contributed by atoms with Gasteiger partial charge in [-0.3, -0.25) is 20.0 Å². The molecule has 54 heavy (non-hydrogen) atoms. The maximum atomic E-state index is 13.7. The van der Waals surface area contributed by atoms with Crippen LogP contribution in [0.4, 0.5) is 0 Å². The number of carbonyl (C=O) groups is 3. The highest BCUT2D eigenvalue weighted by Gasteiger charge is 2.38. The van der Waals surface area contributed by atoms with E-state index in [9.17, 15) is 9.59 Å². The highest BCUT2D eigenvalue weighted by Crippen LogP contribution is 2.36. The van der Waals surface area contributed by atoms with Gasteiger partial charge in [-0.25, -0.2) is 9.59 Å². The van der Waals surface area contributed by atoms with E-state index in [1.54, 1.807) is 44.6 Å². The molecule has 2 bridgehead atoms. The van der Waals surface area contributed by atoms with Gasteiger partial charge in [0.2, 0.25) is 0 Å². The fourth-order valence-electron chi connectivity index (χ4n) is 6.76. The third-order valence-corrected chi connectivity index (χ3v) is 10.3. The number of aromatic nitrogens is 1. The zero-order valence-electron chi connectivity index (χ0n) is 30.2. The van der Waals surface area contributed by atoms with E-state index in [0.717, 1.165) is 38.0 Å². The standard InChI is InChI=1S/C39H41Cl2N3O7.CH2O2/c1-47-32-7-5-4-6-28(32)37(39(46)51-36-23-44-16-14-25(36)15-17-44)43-20-24-8-10-26(11-9-24)38(45)50-34(19-29-30(40)21-42-22-31(29)41)27-12-13-33(48-2)35(18-27)49-3;2-1-3/h4-13,18,21-22,25,34,36-37,43H,14-17,19-20,23H2,1-3H3;1H,(H,2,3)/t34-,36-,37?;/m0./s1. The molecule has 0 radical (unpaired) electrons. The second-order valence-corrected chi connectivity index (χ2v) is 13.6. The normalized spacial score (nSPS) is 18.3. The van der Waals surface area contributed by atoms with Gasteiger partial charge in [0.15, 0.2) is 11.5 Å². The van der Waals surface area contributed by atoms with E-state index in [-0.39, 0.29) is 25.0 Å². The summed E-state index contributed by atoms with van der Waals surface area (Å²) in [6.07, 6.45) is 4.39. The van der Waals surface area contributed by atoms with E-state index in [2.05, 4.69) is 15.2 Å². The molecule has 286 valence electrons. The summed E-state index contributed by atoms with van der Waals surface area (Å²) in [5.41, 5.74) is 3.16. The van der Waals surface area contributed by atoms with Crippen molar-refractivity contribution in [1.29, 1.82) is 0 Å². The first-order valence-electron chi connectivity index (χ1n) is 17.4. The van der Waals surface area contributed by atoms with Crippen molar-refractivity contribution in [2.45, 2.75) is 44.1 Å². The van der Waals surface area contributed by atoms with Crippen molar-refractivity contribution in [3.8, 4) is 17.2 Å². The number of halogens is 2. The lowest BCUT2D eigenvalue weighted by atomic mass is 9.86. The van der Waals surface area contributed by atoms with E-state index < -0.39 is 18.1 Å². The molecule has 3 fully saturated rings. The summed E-state index contributed by atoms with van der Waals surface area (Å²) in [6.45, 7) is 2.96. The quantitative estimate of drug-likeness (QED) is 0.103. The Morgan fingerprint density at radius 2 is 1.57 bits per heavy atom. The Hall–Kier alpha value is -4.88. The monoisotopic (exact) mass is 779 g/mol. The first kappa shape index (κ1) is 40.3. The number of pyridine rings is 1. The van der Waals surface area contributed by atoms with Crippen LogP contribution in [-0.2, 0) is 32.0 Å². The predicted molar refractivity (Wildman–Crippen MR) is 202 cm³/mol. The summed E-state index contributed by atoms with van der Waals surface area (Å²) in [6, 6.07) is 19.0. The van der Waals surface area contributed by atoms with Gasteiger partial charge in [0.25, 0.3) is 6.47 Å². The Kier molecular flexibility index (Phi) is 14.5. The molecule has 3 aliphatic rings. The smallest absolute Gasteiger partial charge is 0.338 e. The number of rotatable bonds is 14. The lowest BCUT2D eigenvalue weighted by Gasteiger charge is -2.44. The van der Waals surface area contributed by atoms with Crippen LogP contribution in [-0.4, -0.2) is 80.5 Å². The predicted octanol–water partition coefficient (Wildman–Crippen LogP) is 6.72. The number of nitrogens with zero attached hydrogens (tertiary/aromatic N) is 2. The number of hydrogen-bond donors (Lipinski definition) is 2. The molecule has 3 aliphatic heterocycles. The largest absolute Gasteiger partial charge is 0.496 e. The van der Waals surface area contributed by atoms with Crippen LogP contribution in [0.25, 0.3) is 0 Å². The number of fused-ring (bicyclic) bond motifs is 3. The van der Waals surface area contributed by atoms with Crippen LogP contribution in [0.5, 0.6) is 17.2 Å². The third kappa shape index (κ3) is 10.00. The molecule has 4 heterocycles. The highest BCUT2D eigenvalue weighted by atomic mass is 35.5. The molecule has 1 unspecified atom stereocenters. The Bertz CT molecular complexity index is 1870. The van der Waals surface area contributed by atoms with Crippen LogP contribution in [0.3, 0.4) is 0 Å². The van der Waals surface area contributed by atoms with Crippen LogP contribution >= 0.6 is 23.2 Å². The van der Waals surface area contributed by atoms with E-state index >= 15 is 0 Å². The zero-order valence-corrected chi connectivity index (χ0v) is 31.7. The van der Waals surface area contributed by atoms with Crippen molar-refractivity contribution >= 4 is 41.6 Å². The topological polar surface area (TPSA) is 146 Å². The SMILES string of the molecule is COc1ccc([C@H](Cc2c(Cl)cncc2Cl)OC(=O)c2ccc(CNC(C(=O)O[C@H]3CN4CCC3CC4)c3ccccc3OC)cc2)cc1OC.O=CO. The molecular formula is C40H43Cl2N3O9. The summed E-state index contributed by atoms with van der Waals surface area (Å²) in [7, 11) is 4.67. The zero-order chi connectivity index (χ0) is 38.6. The number of para-hydroxylation sites is 1. The summed E-state index contributed by atoms with van der Waals surface area (Å²) in [5.74, 6) is 1.12. The number of nitrogens with one attached hydrogen (secondary N) is 1. The van der Waals surface area contributed by atoms with E-state index in [1.165, 1.54) is 19.5 Å². The van der Waals surface area contributed by atoms with Crippen molar-refractivity contribution < 1.29 is 43.2 Å². The van der Waals surface area contributed by atoms with E-state index in [0.29, 0.717) is 62.0 Å². The second kappa shape index (κ2) is 19.4. The Morgan fingerprint density at radius 3 is 2.19 bits per heavy atom. The number of carboxylic acid groups (broad SMARTS) is 1. The molecule has 7 rings (SSSR count). The molecule has 0 amide bonds. The molecule has 0 spiro atoms. The van der Waals surface area contributed by atoms with Crippen molar-refractivity contribution in [1.82, 2.24) is 15.2 Å². The van der Waals surface area contributed by atoms with Gasteiger partial charge in [-0.05, 0) is 78.9 Å². The molecule has 3 saturated heterocycles. The van der Waals surface area contributed by atoms with Gasteiger partial charge in [-0.15, -0.1) is 0 Å². The van der Waals surface area contributed by atoms with E-state index in [4.69, 9.17) is 56.8 Å². The maximum absolute atomic E-state index is 13.7. The third-order valence-electron chi connectivity index (χ3n) is 9.62. The number of methoxy groups -OCH3 is 3. The number of hydrogen-bond acceptors (Lipinski definition) is 11. The lowest BCUT2D eigenvalue weighted by molar-refractivity contribution is -0.161. The molecule has 12 nitrogen and oxygen atoms in total. The number of benzene rings is 3. The Labute approximate surface area is 324 Å². The van der Waals surface area contributed by atoms with E-state index in [1.807, 2.05) is 36.4 Å². The van der Waals surface area contributed by atoms with Gasteiger partial charge in [0, 0.05) is 37.5 Å². The summed E-state index contributed by atoms with van der Waals surface area (Å²) in [5, 5.41) is 11.0. The first-order valence-corrected chi connectivity index (χ1v) is 18.1. The molecule has 2 N–H and O–H groups in total. The number of esters is 2. The van der Waals surface area contributed by atoms with Crippen molar-refractivity contribution in [3.05, 3.63) is 117 Å². The molecular weight excluding hydrogens is 737 g/mol. The maximum Gasteiger partial charge on any atom is 0.338 e. The van der Waals surface area contributed by atoms with Gasteiger partial charge >= 0.3 is 11.9 Å². The molecule has 0 aliphatic carbocycles. The van der Waals surface area contributed by atoms with Crippen LogP contribution in [0, 0.1) is 5.92 Å². The van der Waals surface area contributed by atoms with Crippen molar-refractivity contribution in [2.75, 3.05) is 41.0 Å². The van der Waals surface area contributed by atoms with Crippen LogP contribution in [0.2, 0.25) is 10.0 Å². The molecule has 14 heteroatoms. The summed E-state index contributed by atoms with van der Waals surface area (Å²) >= 11 is 12.9. The number of ether oxygens (including phenoxy) is 5. The average Bonchev–Trinajstić information content (AvgIpc) is 3.19. The fourth-order valence-corrected chi connectivity index (χ4v) is 7.28. The molecule has 3 atom stereocenters.